The molecule has 0 aromatic heterocycles. The average molecular weight is 407 g/mol. The number of piperidine rings is 1. The number of rotatable bonds is 3. The molecule has 1 spiro atoms. The summed E-state index contributed by atoms with van der Waals surface area (Å²) in [4.78, 5) is 27.4. The van der Waals surface area contributed by atoms with Gasteiger partial charge < -0.3 is 9.64 Å². The lowest BCUT2D eigenvalue weighted by molar-refractivity contribution is -0.164. The maximum absolute atomic E-state index is 13.1. The molecule has 2 saturated heterocycles. The molecule has 7 nitrogen and oxygen atoms in total. The van der Waals surface area contributed by atoms with Gasteiger partial charge in [0.05, 0.1) is 11.4 Å². The summed E-state index contributed by atoms with van der Waals surface area (Å²) in [7, 11) is -3.53. The molecule has 0 unspecified atom stereocenters. The number of nitrogens with zero attached hydrogens (tertiary/aromatic N) is 2. The number of hydrogen-bond donors (Lipinski definition) is 0. The Bertz CT molecular complexity index is 853. The van der Waals surface area contributed by atoms with Crippen molar-refractivity contribution in [2.45, 2.75) is 55.4 Å². The predicted molar refractivity (Wildman–Crippen MR) is 102 cm³/mol. The van der Waals surface area contributed by atoms with Gasteiger partial charge in [-0.15, -0.1) is 0 Å². The Balaban J connectivity index is 1.56. The van der Waals surface area contributed by atoms with Crippen molar-refractivity contribution in [1.29, 1.82) is 0 Å². The van der Waals surface area contributed by atoms with Crippen molar-refractivity contribution >= 4 is 21.9 Å². The Kier molecular flexibility index (Phi) is 5.18. The quantitative estimate of drug-likeness (QED) is 0.719. The molecule has 1 aliphatic carbocycles. The summed E-state index contributed by atoms with van der Waals surface area (Å²) in [5, 5.41) is 0. The van der Waals surface area contributed by atoms with Crippen LogP contribution in [0.1, 0.15) is 55.3 Å². The molecule has 4 rings (SSSR count). The number of amides is 1. The molecule has 2 heterocycles. The first-order chi connectivity index (χ1) is 13.4. The van der Waals surface area contributed by atoms with Crippen molar-refractivity contribution in [1.82, 2.24) is 9.21 Å². The molecule has 1 saturated carbocycles. The van der Waals surface area contributed by atoms with Crippen LogP contribution in [0.2, 0.25) is 0 Å². The highest BCUT2D eigenvalue weighted by Gasteiger charge is 2.51. The summed E-state index contributed by atoms with van der Waals surface area (Å²) in [6.07, 6.45) is 5.85. The van der Waals surface area contributed by atoms with E-state index in [1.54, 1.807) is 17.0 Å². The standard InChI is InChI=1S/C20H26N2O5S/c23-18(22-14-15-27-19(24)20(22)10-2-3-11-20)16-6-8-17(9-7-16)28(25,26)21-12-4-1-5-13-21/h6-9H,1-5,10-15H2. The summed E-state index contributed by atoms with van der Waals surface area (Å²) in [6, 6.07) is 6.12. The van der Waals surface area contributed by atoms with E-state index in [4.69, 9.17) is 4.74 Å². The van der Waals surface area contributed by atoms with Crippen LogP contribution in [0.4, 0.5) is 0 Å². The van der Waals surface area contributed by atoms with Crippen molar-refractivity contribution in [2.24, 2.45) is 0 Å². The van der Waals surface area contributed by atoms with Crippen molar-refractivity contribution < 1.29 is 22.7 Å². The lowest BCUT2D eigenvalue weighted by Gasteiger charge is -2.42. The number of carbonyl (C=O) groups excluding carboxylic acids is 2. The van der Waals surface area contributed by atoms with Gasteiger partial charge in [-0.3, -0.25) is 4.79 Å². The zero-order valence-electron chi connectivity index (χ0n) is 15.9. The second kappa shape index (κ2) is 7.48. The van der Waals surface area contributed by atoms with Crippen molar-refractivity contribution in [2.75, 3.05) is 26.2 Å². The second-order valence-electron chi connectivity index (χ2n) is 7.82. The van der Waals surface area contributed by atoms with Crippen molar-refractivity contribution in [3.8, 4) is 0 Å². The van der Waals surface area contributed by atoms with Gasteiger partial charge in [-0.25, -0.2) is 13.2 Å². The van der Waals surface area contributed by atoms with Gasteiger partial charge in [0.15, 0.2) is 0 Å². The van der Waals surface area contributed by atoms with Crippen LogP contribution in [0.5, 0.6) is 0 Å². The number of sulfonamides is 1. The molecule has 0 atom stereocenters. The fraction of sp³-hybridized carbons (Fsp3) is 0.600. The Morgan fingerprint density at radius 2 is 1.57 bits per heavy atom. The van der Waals surface area contributed by atoms with Crippen molar-refractivity contribution in [3.63, 3.8) is 0 Å². The van der Waals surface area contributed by atoms with E-state index in [-0.39, 0.29) is 23.4 Å². The van der Waals surface area contributed by atoms with Crippen LogP contribution in [0.15, 0.2) is 29.2 Å². The molecule has 1 aromatic carbocycles. The molecular formula is C20H26N2O5S. The third-order valence-electron chi connectivity index (χ3n) is 6.17. The summed E-state index contributed by atoms with van der Waals surface area (Å²) in [6.45, 7) is 1.66. The van der Waals surface area contributed by atoms with Gasteiger partial charge >= 0.3 is 5.97 Å². The molecule has 0 radical (unpaired) electrons. The molecule has 0 N–H and O–H groups in total. The van der Waals surface area contributed by atoms with Crippen LogP contribution in [-0.4, -0.2) is 61.3 Å². The summed E-state index contributed by atoms with van der Waals surface area (Å²) in [5.74, 6) is -0.547. The molecule has 0 bridgehead atoms. The molecule has 152 valence electrons. The van der Waals surface area contributed by atoms with Crippen molar-refractivity contribution in [3.05, 3.63) is 29.8 Å². The van der Waals surface area contributed by atoms with E-state index in [0.717, 1.165) is 32.1 Å². The van der Waals surface area contributed by atoms with Gasteiger partial charge in [0.25, 0.3) is 5.91 Å². The van der Waals surface area contributed by atoms with E-state index in [1.807, 2.05) is 0 Å². The first kappa shape index (κ1) is 19.4. The third-order valence-corrected chi connectivity index (χ3v) is 8.09. The highest BCUT2D eigenvalue weighted by molar-refractivity contribution is 7.89. The monoisotopic (exact) mass is 406 g/mol. The number of cyclic esters (lactones) is 1. The lowest BCUT2D eigenvalue weighted by Crippen LogP contribution is -2.60. The van der Waals surface area contributed by atoms with Gasteiger partial charge in [-0.2, -0.15) is 4.31 Å². The van der Waals surface area contributed by atoms with Crippen LogP contribution in [0.3, 0.4) is 0 Å². The highest BCUT2D eigenvalue weighted by Crippen LogP contribution is 2.39. The SMILES string of the molecule is O=C(c1ccc(S(=O)(=O)N2CCCCC2)cc1)N1CCOC(=O)C12CCCC2. The highest BCUT2D eigenvalue weighted by atomic mass is 32.2. The number of morpholine rings is 1. The maximum Gasteiger partial charge on any atom is 0.332 e. The van der Waals surface area contributed by atoms with Crippen LogP contribution >= 0.6 is 0 Å². The number of benzene rings is 1. The molecule has 2 aliphatic heterocycles. The summed E-state index contributed by atoms with van der Waals surface area (Å²) in [5.41, 5.74) is -0.452. The summed E-state index contributed by atoms with van der Waals surface area (Å²) < 4.78 is 32.3. The molecule has 8 heteroatoms. The van der Waals surface area contributed by atoms with E-state index in [1.165, 1.54) is 16.4 Å². The molecular weight excluding hydrogens is 380 g/mol. The van der Waals surface area contributed by atoms with Crippen LogP contribution in [0.25, 0.3) is 0 Å². The fourth-order valence-corrected chi connectivity index (χ4v) is 6.11. The van der Waals surface area contributed by atoms with Crippen LogP contribution < -0.4 is 0 Å². The zero-order valence-corrected chi connectivity index (χ0v) is 16.7. The summed E-state index contributed by atoms with van der Waals surface area (Å²) >= 11 is 0. The number of esters is 1. The Hall–Kier alpha value is -1.93. The molecule has 28 heavy (non-hydrogen) atoms. The maximum atomic E-state index is 13.1. The van der Waals surface area contributed by atoms with E-state index >= 15 is 0 Å². The molecule has 3 fully saturated rings. The van der Waals surface area contributed by atoms with Gasteiger partial charge in [0.1, 0.15) is 12.1 Å². The Morgan fingerprint density at radius 3 is 2.21 bits per heavy atom. The minimum absolute atomic E-state index is 0.202. The number of ether oxygens (including phenoxy) is 1. The van der Waals surface area contributed by atoms with E-state index in [0.29, 0.717) is 38.0 Å². The lowest BCUT2D eigenvalue weighted by atomic mass is 9.92. The first-order valence-corrected chi connectivity index (χ1v) is 11.5. The topological polar surface area (TPSA) is 84.0 Å². The van der Waals surface area contributed by atoms with E-state index in [2.05, 4.69) is 0 Å². The normalized spacial score (nSPS) is 23.0. The molecule has 1 aromatic rings. The second-order valence-corrected chi connectivity index (χ2v) is 9.76. The minimum Gasteiger partial charge on any atom is -0.462 e. The first-order valence-electron chi connectivity index (χ1n) is 10.0. The van der Waals surface area contributed by atoms with E-state index in [9.17, 15) is 18.0 Å². The van der Waals surface area contributed by atoms with E-state index < -0.39 is 15.6 Å². The Labute approximate surface area is 165 Å². The van der Waals surface area contributed by atoms with Crippen LogP contribution in [0, 0.1) is 0 Å². The van der Waals surface area contributed by atoms with Gasteiger partial charge in [-0.05, 0) is 49.9 Å². The minimum atomic E-state index is -3.53. The fourth-order valence-electron chi connectivity index (χ4n) is 4.60. The van der Waals surface area contributed by atoms with Gasteiger partial charge in [-0.1, -0.05) is 19.3 Å². The van der Waals surface area contributed by atoms with Gasteiger partial charge in [0.2, 0.25) is 10.0 Å². The third kappa shape index (κ3) is 3.22. The molecule has 3 aliphatic rings. The predicted octanol–water partition coefficient (Wildman–Crippen LogP) is 2.17. The Morgan fingerprint density at radius 1 is 0.929 bits per heavy atom. The number of carbonyl (C=O) groups is 2. The smallest absolute Gasteiger partial charge is 0.332 e. The number of hydrogen-bond acceptors (Lipinski definition) is 5. The average Bonchev–Trinajstić information content (AvgIpc) is 3.21. The van der Waals surface area contributed by atoms with Gasteiger partial charge in [0, 0.05) is 18.7 Å². The molecule has 1 amide bonds. The zero-order chi connectivity index (χ0) is 19.8. The van der Waals surface area contributed by atoms with Crippen LogP contribution in [-0.2, 0) is 19.6 Å². The largest absolute Gasteiger partial charge is 0.462 e.